The minimum atomic E-state index is -0.837. The highest BCUT2D eigenvalue weighted by Gasteiger charge is 2.40. The number of nitrogens with zero attached hydrogens (tertiary/aromatic N) is 2. The predicted molar refractivity (Wildman–Crippen MR) is 77.2 cm³/mol. The Labute approximate surface area is 119 Å². The number of hydrogen-bond acceptors (Lipinski definition) is 2. The normalized spacial score (nSPS) is 16.9. The SMILES string of the molecule is CC(C)(C)C(O)(C/C(Br)=C/Br)Cn1ccnc1. The quantitative estimate of drug-likeness (QED) is 0.883. The Morgan fingerprint density at radius 2 is 2.12 bits per heavy atom. The Bertz CT molecular complexity index is 382. The van der Waals surface area contributed by atoms with Crippen LogP contribution >= 0.6 is 31.9 Å². The van der Waals surface area contributed by atoms with Gasteiger partial charge in [0.15, 0.2) is 0 Å². The highest BCUT2D eigenvalue weighted by Crippen LogP contribution is 2.38. The fourth-order valence-electron chi connectivity index (χ4n) is 1.56. The fraction of sp³-hybridized carbons (Fsp3) is 0.583. The predicted octanol–water partition coefficient (Wildman–Crippen LogP) is 3.68. The van der Waals surface area contributed by atoms with Gasteiger partial charge in [-0.25, -0.2) is 4.98 Å². The van der Waals surface area contributed by atoms with Crippen molar-refractivity contribution in [2.24, 2.45) is 5.41 Å². The Morgan fingerprint density at radius 1 is 1.47 bits per heavy atom. The van der Waals surface area contributed by atoms with Crippen LogP contribution in [-0.4, -0.2) is 20.3 Å². The van der Waals surface area contributed by atoms with Crippen molar-refractivity contribution < 1.29 is 5.11 Å². The molecule has 0 aromatic carbocycles. The van der Waals surface area contributed by atoms with Crippen molar-refractivity contribution in [3.05, 3.63) is 28.2 Å². The van der Waals surface area contributed by atoms with Gasteiger partial charge < -0.3 is 9.67 Å². The molecule has 0 amide bonds. The molecule has 1 unspecified atom stereocenters. The van der Waals surface area contributed by atoms with Crippen molar-refractivity contribution in [1.29, 1.82) is 0 Å². The third kappa shape index (κ3) is 3.93. The smallest absolute Gasteiger partial charge is 0.0946 e. The average molecular weight is 366 g/mol. The lowest BCUT2D eigenvalue weighted by Crippen LogP contribution is -2.46. The lowest BCUT2D eigenvalue weighted by Gasteiger charge is -2.40. The minimum Gasteiger partial charge on any atom is -0.387 e. The van der Waals surface area contributed by atoms with Gasteiger partial charge in [-0.3, -0.25) is 0 Å². The molecule has 1 heterocycles. The molecule has 0 saturated carbocycles. The Morgan fingerprint density at radius 3 is 2.53 bits per heavy atom. The van der Waals surface area contributed by atoms with E-state index in [4.69, 9.17) is 0 Å². The van der Waals surface area contributed by atoms with Gasteiger partial charge in [0, 0.05) is 23.3 Å². The summed E-state index contributed by atoms with van der Waals surface area (Å²) in [7, 11) is 0. The first-order valence-corrected chi connectivity index (χ1v) is 7.12. The van der Waals surface area contributed by atoms with Crippen LogP contribution in [0.25, 0.3) is 0 Å². The van der Waals surface area contributed by atoms with Crippen molar-refractivity contribution in [1.82, 2.24) is 9.55 Å². The molecule has 5 heteroatoms. The third-order valence-electron chi connectivity index (χ3n) is 2.98. The zero-order chi connectivity index (χ0) is 13.1. The van der Waals surface area contributed by atoms with Crippen molar-refractivity contribution in [2.45, 2.75) is 39.3 Å². The second-order valence-electron chi connectivity index (χ2n) is 5.25. The topological polar surface area (TPSA) is 38.0 Å². The summed E-state index contributed by atoms with van der Waals surface area (Å²) < 4.78 is 2.84. The molecule has 1 N–H and O–H groups in total. The molecule has 0 radical (unpaired) electrons. The Balaban J connectivity index is 2.94. The van der Waals surface area contributed by atoms with Crippen LogP contribution in [0.4, 0.5) is 0 Å². The fourth-order valence-corrected chi connectivity index (χ4v) is 2.18. The van der Waals surface area contributed by atoms with E-state index in [1.165, 1.54) is 0 Å². The van der Waals surface area contributed by atoms with Crippen LogP contribution in [0, 0.1) is 5.41 Å². The van der Waals surface area contributed by atoms with Crippen LogP contribution in [-0.2, 0) is 6.54 Å². The lowest BCUT2D eigenvalue weighted by atomic mass is 9.74. The van der Waals surface area contributed by atoms with Crippen molar-refractivity contribution >= 4 is 31.9 Å². The van der Waals surface area contributed by atoms with E-state index in [0.29, 0.717) is 13.0 Å². The van der Waals surface area contributed by atoms with Crippen LogP contribution in [0.2, 0.25) is 0 Å². The zero-order valence-corrected chi connectivity index (χ0v) is 13.5. The Kier molecular flexibility index (Phi) is 4.98. The first kappa shape index (κ1) is 14.9. The van der Waals surface area contributed by atoms with Crippen molar-refractivity contribution in [2.75, 3.05) is 0 Å². The van der Waals surface area contributed by atoms with Crippen LogP contribution in [0.15, 0.2) is 28.2 Å². The van der Waals surface area contributed by atoms with Gasteiger partial charge in [-0.1, -0.05) is 52.6 Å². The van der Waals surface area contributed by atoms with E-state index in [1.807, 2.05) is 31.5 Å². The van der Waals surface area contributed by atoms with E-state index in [0.717, 1.165) is 4.48 Å². The molecule has 0 fully saturated rings. The van der Waals surface area contributed by atoms with E-state index >= 15 is 0 Å². The second kappa shape index (κ2) is 5.67. The highest BCUT2D eigenvalue weighted by molar-refractivity contribution is 9.14. The summed E-state index contributed by atoms with van der Waals surface area (Å²) in [4.78, 5) is 5.79. The molecule has 1 aromatic rings. The van der Waals surface area contributed by atoms with Crippen LogP contribution < -0.4 is 0 Å². The van der Waals surface area contributed by atoms with Crippen LogP contribution in [0.3, 0.4) is 0 Å². The second-order valence-corrected chi connectivity index (χ2v) is 6.73. The monoisotopic (exact) mass is 364 g/mol. The largest absolute Gasteiger partial charge is 0.387 e. The summed E-state index contributed by atoms with van der Waals surface area (Å²) in [5.41, 5.74) is -1.07. The summed E-state index contributed by atoms with van der Waals surface area (Å²) in [6.45, 7) is 6.64. The third-order valence-corrected chi connectivity index (χ3v) is 4.66. The van der Waals surface area contributed by atoms with Gasteiger partial charge in [-0.05, 0) is 10.4 Å². The van der Waals surface area contributed by atoms with E-state index in [1.54, 1.807) is 17.5 Å². The molecule has 1 rings (SSSR count). The number of rotatable bonds is 4. The molecular weight excluding hydrogens is 348 g/mol. The van der Waals surface area contributed by atoms with Gasteiger partial charge in [0.1, 0.15) is 0 Å². The van der Waals surface area contributed by atoms with Gasteiger partial charge in [0.25, 0.3) is 0 Å². The first-order valence-electron chi connectivity index (χ1n) is 5.41. The lowest BCUT2D eigenvalue weighted by molar-refractivity contribution is -0.0691. The number of aliphatic hydroxyl groups is 1. The molecule has 1 atom stereocenters. The van der Waals surface area contributed by atoms with Crippen LogP contribution in [0.1, 0.15) is 27.2 Å². The standard InChI is InChI=1S/C12H18Br2N2O/c1-11(2,3)12(17,6-10(14)7-13)8-16-5-4-15-9-16/h4-5,7,9,17H,6,8H2,1-3H3/b10-7-. The maximum Gasteiger partial charge on any atom is 0.0946 e. The summed E-state index contributed by atoms with van der Waals surface area (Å²) in [6.07, 6.45) is 5.86. The van der Waals surface area contributed by atoms with E-state index in [-0.39, 0.29) is 5.41 Å². The maximum absolute atomic E-state index is 10.9. The molecule has 1 aromatic heterocycles. The summed E-state index contributed by atoms with van der Waals surface area (Å²) in [5.74, 6) is 0. The molecule has 0 aliphatic heterocycles. The number of aromatic nitrogens is 2. The highest BCUT2D eigenvalue weighted by atomic mass is 79.9. The maximum atomic E-state index is 10.9. The average Bonchev–Trinajstić information content (AvgIpc) is 2.68. The van der Waals surface area contributed by atoms with Crippen LogP contribution in [0.5, 0.6) is 0 Å². The molecule has 0 aliphatic rings. The van der Waals surface area contributed by atoms with Gasteiger partial charge in [0.05, 0.1) is 18.5 Å². The molecule has 96 valence electrons. The molecule has 17 heavy (non-hydrogen) atoms. The van der Waals surface area contributed by atoms with Gasteiger partial charge in [0.2, 0.25) is 0 Å². The first-order chi connectivity index (χ1) is 7.78. The zero-order valence-electron chi connectivity index (χ0n) is 10.3. The van der Waals surface area contributed by atoms with Gasteiger partial charge in [-0.2, -0.15) is 0 Å². The molecule has 0 spiro atoms. The van der Waals surface area contributed by atoms with Crippen molar-refractivity contribution in [3.63, 3.8) is 0 Å². The molecule has 3 nitrogen and oxygen atoms in total. The van der Waals surface area contributed by atoms with Gasteiger partial charge >= 0.3 is 0 Å². The summed E-state index contributed by atoms with van der Waals surface area (Å²) >= 11 is 6.71. The summed E-state index contributed by atoms with van der Waals surface area (Å²) in [5, 5.41) is 10.9. The molecule has 0 bridgehead atoms. The molecule has 0 aliphatic carbocycles. The van der Waals surface area contributed by atoms with E-state index in [9.17, 15) is 5.11 Å². The van der Waals surface area contributed by atoms with E-state index < -0.39 is 5.60 Å². The molecular formula is C12H18Br2N2O. The van der Waals surface area contributed by atoms with Gasteiger partial charge in [-0.15, -0.1) is 0 Å². The Hall–Kier alpha value is -0.130. The molecule has 0 saturated heterocycles. The number of imidazole rings is 1. The summed E-state index contributed by atoms with van der Waals surface area (Å²) in [6, 6.07) is 0. The van der Waals surface area contributed by atoms with E-state index in [2.05, 4.69) is 36.8 Å². The number of halogens is 2. The minimum absolute atomic E-state index is 0.230. The number of hydrogen-bond donors (Lipinski definition) is 1. The van der Waals surface area contributed by atoms with Crippen molar-refractivity contribution in [3.8, 4) is 0 Å².